The topological polar surface area (TPSA) is 75.2 Å². The normalized spacial score (nSPS) is 14.6. The third-order valence-corrected chi connectivity index (χ3v) is 7.78. The van der Waals surface area contributed by atoms with Crippen LogP contribution in [0.25, 0.3) is 0 Å². The van der Waals surface area contributed by atoms with E-state index in [1.165, 1.54) is 11.3 Å². The fourth-order valence-electron chi connectivity index (χ4n) is 4.09. The van der Waals surface area contributed by atoms with Crippen molar-refractivity contribution in [2.75, 3.05) is 32.1 Å². The van der Waals surface area contributed by atoms with Crippen molar-refractivity contribution in [1.82, 2.24) is 10.6 Å². The Kier molecular flexibility index (Phi) is 10.8. The summed E-state index contributed by atoms with van der Waals surface area (Å²) in [6, 6.07) is 14.9. The Labute approximate surface area is 238 Å². The quantitative estimate of drug-likeness (QED) is 0.209. The van der Waals surface area contributed by atoms with Crippen molar-refractivity contribution >= 4 is 57.5 Å². The first kappa shape index (κ1) is 29.8. The van der Waals surface area contributed by atoms with E-state index in [-0.39, 0.29) is 19.4 Å². The fourth-order valence-corrected chi connectivity index (χ4v) is 5.57. The number of thiophene rings is 1. The van der Waals surface area contributed by atoms with Gasteiger partial charge in [0.1, 0.15) is 33.6 Å². The van der Waals surface area contributed by atoms with Crippen LogP contribution < -0.4 is 25.0 Å². The molecule has 1 aliphatic rings. The second kappa shape index (κ2) is 13.8. The molecule has 0 saturated carbocycles. The molecule has 0 radical (unpaired) electrons. The number of ether oxygens (including phenoxy) is 2. The zero-order valence-corrected chi connectivity index (χ0v) is 23.3. The molecule has 3 aromatic rings. The summed E-state index contributed by atoms with van der Waals surface area (Å²) < 4.78 is 12.6. The van der Waals surface area contributed by atoms with Gasteiger partial charge in [-0.05, 0) is 63.2 Å². The zero-order chi connectivity index (χ0) is 26.4. The number of hydrogen-bond donors (Lipinski definition) is 2. The number of nitrogens with zero attached hydrogens (tertiary/aromatic N) is 2. The van der Waals surface area contributed by atoms with Crippen molar-refractivity contribution in [3.63, 3.8) is 0 Å². The van der Waals surface area contributed by atoms with Crippen LogP contribution in [0.4, 0.5) is 10.7 Å². The highest BCUT2D eigenvalue weighted by molar-refractivity contribution is 7.18. The Bertz CT molecular complexity index is 1240. The Morgan fingerprint density at radius 2 is 1.89 bits per heavy atom. The molecule has 2 N–H and O–H groups in total. The lowest BCUT2D eigenvalue weighted by Crippen LogP contribution is -2.34. The highest BCUT2D eigenvalue weighted by Gasteiger charge is 2.24. The summed E-state index contributed by atoms with van der Waals surface area (Å²) in [5.41, 5.74) is 1.64. The van der Waals surface area contributed by atoms with Crippen molar-refractivity contribution < 1.29 is 14.3 Å². The molecule has 0 bridgehead atoms. The molecule has 0 aliphatic carbocycles. The van der Waals surface area contributed by atoms with Gasteiger partial charge >= 0.3 is 0 Å². The zero-order valence-electron chi connectivity index (χ0n) is 21.0. The van der Waals surface area contributed by atoms with Gasteiger partial charge in [-0.2, -0.15) is 0 Å². The monoisotopic (exact) mass is 576 g/mol. The number of rotatable bonds is 9. The summed E-state index contributed by atoms with van der Waals surface area (Å²) in [4.78, 5) is 19.3. The number of anilines is 2. The largest absolute Gasteiger partial charge is 0.489 e. The average Bonchev–Trinajstić information content (AvgIpc) is 3.32. The summed E-state index contributed by atoms with van der Waals surface area (Å²) in [5, 5.41) is 7.96. The van der Waals surface area contributed by atoms with Gasteiger partial charge in [0.05, 0.1) is 11.4 Å². The average molecular weight is 578 g/mol. The molecule has 4 rings (SSSR count). The minimum Gasteiger partial charge on any atom is -0.489 e. The molecule has 1 atom stereocenters. The van der Waals surface area contributed by atoms with Crippen molar-refractivity contribution in [3.8, 4) is 11.5 Å². The van der Waals surface area contributed by atoms with E-state index in [1.807, 2.05) is 48.2 Å². The molecule has 204 valence electrons. The lowest BCUT2D eigenvalue weighted by molar-refractivity contribution is 0.0961. The molecule has 2 aromatic carbocycles. The fraction of sp³-hybridized carbons (Fsp3) is 0.357. The maximum absolute atomic E-state index is 12.8. The third-order valence-electron chi connectivity index (χ3n) is 6.01. The first-order valence-electron chi connectivity index (χ1n) is 12.1. The third kappa shape index (κ3) is 6.99. The number of amides is 1. The van der Waals surface area contributed by atoms with Gasteiger partial charge in [-0.15, -0.1) is 11.3 Å². The lowest BCUT2D eigenvalue weighted by atomic mass is 10.1. The molecule has 1 amide bonds. The van der Waals surface area contributed by atoms with Gasteiger partial charge in [-0.1, -0.05) is 42.8 Å². The summed E-state index contributed by atoms with van der Waals surface area (Å²) >= 11 is 14.2. The molecule has 1 aliphatic heterocycles. The Hall–Kier alpha value is -2.78. The summed E-state index contributed by atoms with van der Waals surface area (Å²) in [6.45, 7) is 3.77. The summed E-state index contributed by atoms with van der Waals surface area (Å²) in [7, 11) is 3.29. The number of hydrogen-bond acceptors (Lipinski definition) is 6. The highest BCUT2D eigenvalue weighted by atomic mass is 35.5. The minimum absolute atomic E-state index is 0. The molecule has 38 heavy (non-hydrogen) atoms. The van der Waals surface area contributed by atoms with E-state index in [0.29, 0.717) is 26.4 Å². The van der Waals surface area contributed by atoms with Gasteiger partial charge < -0.3 is 20.1 Å². The van der Waals surface area contributed by atoms with Crippen LogP contribution >= 0.6 is 34.5 Å². The van der Waals surface area contributed by atoms with Crippen molar-refractivity contribution in [2.45, 2.75) is 39.4 Å². The van der Waals surface area contributed by atoms with E-state index >= 15 is 0 Å². The minimum atomic E-state index is -0.432. The smallest absolute Gasteiger partial charge is 0.264 e. The van der Waals surface area contributed by atoms with Crippen LogP contribution in [0, 0.1) is 0 Å². The van der Waals surface area contributed by atoms with Crippen LogP contribution in [0.15, 0.2) is 53.5 Å². The maximum Gasteiger partial charge on any atom is 0.264 e. The molecule has 1 unspecified atom stereocenters. The van der Waals surface area contributed by atoms with Gasteiger partial charge in [0.2, 0.25) is 0 Å². The number of nitrogens with one attached hydrogen (secondary N) is 2. The summed E-state index contributed by atoms with van der Waals surface area (Å²) in [5.74, 6) is 0.861. The SMILES string of the molecule is C.CN=CN(c1ccc(Cl)cc1)c1cc(OC(C)c2cccc(OC3CCNCC3)c2Cl)c(C(=O)NC)s1. The number of benzene rings is 2. The van der Waals surface area contributed by atoms with Crippen molar-refractivity contribution in [3.05, 3.63) is 69.0 Å². The van der Waals surface area contributed by atoms with Gasteiger partial charge in [0, 0.05) is 36.4 Å². The molecule has 10 heteroatoms. The predicted octanol–water partition coefficient (Wildman–Crippen LogP) is 7.12. The van der Waals surface area contributed by atoms with Gasteiger partial charge in [-0.25, -0.2) is 0 Å². The van der Waals surface area contributed by atoms with E-state index in [9.17, 15) is 4.79 Å². The Balaban J connectivity index is 0.00000400. The van der Waals surface area contributed by atoms with Crippen molar-refractivity contribution in [2.24, 2.45) is 4.99 Å². The standard InChI is InChI=1S/C27H30Cl2N4O3S.CH4/c1-17(21-5-4-6-22(25(21)29)36-20-11-13-32-14-12-20)35-23-15-24(37-26(23)27(34)31-3)33(16-30-2)19-9-7-18(28)8-10-19;/h4-10,15-17,20,32H,11-14H2,1-3H3,(H,31,34);1H4. The van der Waals surface area contributed by atoms with E-state index < -0.39 is 6.10 Å². The molecule has 1 fully saturated rings. The van der Waals surface area contributed by atoms with Gasteiger partial charge in [0.15, 0.2) is 0 Å². The Morgan fingerprint density at radius 1 is 1.18 bits per heavy atom. The van der Waals surface area contributed by atoms with Crippen LogP contribution in [0.3, 0.4) is 0 Å². The maximum atomic E-state index is 12.8. The molecule has 0 spiro atoms. The van der Waals surface area contributed by atoms with Gasteiger partial charge in [-0.3, -0.25) is 14.7 Å². The highest BCUT2D eigenvalue weighted by Crippen LogP contribution is 2.42. The van der Waals surface area contributed by atoms with Crippen LogP contribution in [0.1, 0.15) is 48.5 Å². The predicted molar refractivity (Wildman–Crippen MR) is 159 cm³/mol. The van der Waals surface area contributed by atoms with E-state index in [2.05, 4.69) is 15.6 Å². The molecule has 7 nitrogen and oxygen atoms in total. The molecular weight excluding hydrogens is 543 g/mol. The van der Waals surface area contributed by atoms with E-state index in [4.69, 9.17) is 32.7 Å². The number of piperidine rings is 1. The van der Waals surface area contributed by atoms with Crippen LogP contribution in [0.2, 0.25) is 10.0 Å². The first-order valence-corrected chi connectivity index (χ1v) is 13.6. The molecule has 1 aromatic heterocycles. The summed E-state index contributed by atoms with van der Waals surface area (Å²) in [6.07, 6.45) is 3.26. The number of carbonyl (C=O) groups excluding carboxylic acids is 1. The first-order chi connectivity index (χ1) is 17.9. The molecule has 2 heterocycles. The van der Waals surface area contributed by atoms with Crippen LogP contribution in [-0.4, -0.2) is 45.5 Å². The lowest BCUT2D eigenvalue weighted by Gasteiger charge is -2.25. The Morgan fingerprint density at radius 3 is 2.55 bits per heavy atom. The number of aliphatic imine (C=N–C) groups is 1. The van der Waals surface area contributed by atoms with Crippen LogP contribution in [0.5, 0.6) is 11.5 Å². The van der Waals surface area contributed by atoms with E-state index in [1.54, 1.807) is 32.6 Å². The van der Waals surface area contributed by atoms with Gasteiger partial charge in [0.25, 0.3) is 5.91 Å². The second-order valence-corrected chi connectivity index (χ2v) is 10.4. The number of carbonyl (C=O) groups is 1. The molecule has 1 saturated heterocycles. The van der Waals surface area contributed by atoms with Crippen molar-refractivity contribution in [1.29, 1.82) is 0 Å². The number of halogens is 2. The molecular formula is C28H34Cl2N4O3S. The van der Waals surface area contributed by atoms with E-state index in [0.717, 1.165) is 42.2 Å². The van der Waals surface area contributed by atoms with Crippen LogP contribution in [-0.2, 0) is 0 Å². The second-order valence-electron chi connectivity index (χ2n) is 8.56.